The van der Waals surface area contributed by atoms with E-state index < -0.39 is 11.9 Å². The predicted molar refractivity (Wildman–Crippen MR) is 146 cm³/mol. The van der Waals surface area contributed by atoms with Crippen LogP contribution in [0.3, 0.4) is 0 Å². The highest BCUT2D eigenvalue weighted by Gasteiger charge is 2.50. The third-order valence-electron chi connectivity index (χ3n) is 7.40. The first-order valence-electron chi connectivity index (χ1n) is 13.0. The lowest BCUT2D eigenvalue weighted by atomic mass is 9.68. The molecule has 0 amide bonds. The molecule has 2 N–H and O–H groups in total. The lowest BCUT2D eigenvalue weighted by Gasteiger charge is -2.44. The summed E-state index contributed by atoms with van der Waals surface area (Å²) in [6.07, 6.45) is -3.94. The monoisotopic (exact) mass is 532 g/mol. The van der Waals surface area contributed by atoms with E-state index in [1.165, 1.54) is 36.4 Å². The molecular formula is C32H31F3N2O2. The van der Waals surface area contributed by atoms with Gasteiger partial charge in [0.1, 0.15) is 11.5 Å². The van der Waals surface area contributed by atoms with Gasteiger partial charge in [-0.25, -0.2) is 0 Å². The van der Waals surface area contributed by atoms with Crippen LogP contribution in [-0.4, -0.2) is 26.1 Å². The van der Waals surface area contributed by atoms with E-state index in [4.69, 9.17) is 4.74 Å². The van der Waals surface area contributed by atoms with Gasteiger partial charge in [0, 0.05) is 24.1 Å². The number of halogens is 3. The Bertz CT molecular complexity index is 1310. The quantitative estimate of drug-likeness (QED) is 0.250. The van der Waals surface area contributed by atoms with Crippen molar-refractivity contribution >= 4 is 0 Å². The summed E-state index contributed by atoms with van der Waals surface area (Å²) in [6.45, 7) is 1.08. The molecule has 1 heterocycles. The van der Waals surface area contributed by atoms with Gasteiger partial charge in [0.2, 0.25) is 0 Å². The van der Waals surface area contributed by atoms with E-state index in [2.05, 4.69) is 76.0 Å². The van der Waals surface area contributed by atoms with Gasteiger partial charge < -0.3 is 20.1 Å². The molecule has 2 atom stereocenters. The molecule has 2 unspecified atom stereocenters. The maximum Gasteiger partial charge on any atom is 0.573 e. The van der Waals surface area contributed by atoms with Crippen LogP contribution in [0.5, 0.6) is 11.5 Å². The minimum absolute atomic E-state index is 0.0379. The van der Waals surface area contributed by atoms with Crippen LogP contribution in [0.25, 0.3) is 0 Å². The fourth-order valence-corrected chi connectivity index (χ4v) is 5.86. The molecule has 1 fully saturated rings. The summed E-state index contributed by atoms with van der Waals surface area (Å²) in [5, 5.41) is 7.57. The normalized spacial score (nSPS) is 19.3. The Morgan fingerprint density at radius 2 is 1.46 bits per heavy atom. The first-order valence-corrected chi connectivity index (χ1v) is 13.0. The largest absolute Gasteiger partial charge is 0.573 e. The summed E-state index contributed by atoms with van der Waals surface area (Å²) in [5.41, 5.74) is 3.54. The Balaban J connectivity index is 1.57. The predicted octanol–water partition coefficient (Wildman–Crippen LogP) is 6.77. The summed E-state index contributed by atoms with van der Waals surface area (Å²) >= 11 is 0. The summed E-state index contributed by atoms with van der Waals surface area (Å²) in [6, 6.07) is 35.3. The van der Waals surface area contributed by atoms with Gasteiger partial charge >= 0.3 is 6.36 Å². The molecule has 0 radical (unpaired) electrons. The number of benzene rings is 4. The molecule has 0 bridgehead atoms. The first kappa shape index (κ1) is 26.8. The van der Waals surface area contributed by atoms with Gasteiger partial charge in [0.15, 0.2) is 0 Å². The van der Waals surface area contributed by atoms with Crippen molar-refractivity contribution in [2.24, 2.45) is 0 Å². The van der Waals surface area contributed by atoms with Gasteiger partial charge in [-0.2, -0.15) is 0 Å². The highest BCUT2D eigenvalue weighted by atomic mass is 19.4. The average Bonchev–Trinajstić information content (AvgIpc) is 3.37. The van der Waals surface area contributed by atoms with Crippen molar-refractivity contribution in [1.82, 2.24) is 10.6 Å². The van der Waals surface area contributed by atoms with E-state index >= 15 is 0 Å². The zero-order chi connectivity index (χ0) is 27.3. The van der Waals surface area contributed by atoms with Crippen LogP contribution in [0.1, 0.15) is 34.6 Å². The molecule has 1 aliphatic rings. The number of nitrogens with one attached hydrogen (secondary N) is 2. The Kier molecular flexibility index (Phi) is 7.91. The number of alkyl halides is 3. The fraction of sp³-hybridized carbons (Fsp3) is 0.250. The van der Waals surface area contributed by atoms with Gasteiger partial charge in [-0.3, -0.25) is 0 Å². The highest BCUT2D eigenvalue weighted by Crippen LogP contribution is 2.47. The van der Waals surface area contributed by atoms with Crippen LogP contribution in [0.4, 0.5) is 13.2 Å². The van der Waals surface area contributed by atoms with E-state index in [-0.39, 0.29) is 17.7 Å². The standard InChI is InChI=1S/C32H31F3N2O2/c1-38-28-18-17-27(39-32(33,34)35)21-25(28)22-36-29-19-20-37-31(29,26-15-9-4-10-16-26)30(23-11-5-2-6-12-23)24-13-7-3-8-14-24/h2-18,21,29-30,36-37H,19-20,22H2,1H3. The average molecular weight is 533 g/mol. The van der Waals surface area contributed by atoms with E-state index in [1.807, 2.05) is 30.3 Å². The number of hydrogen-bond donors (Lipinski definition) is 2. The summed E-state index contributed by atoms with van der Waals surface area (Å²) in [5.74, 6) is 0.186. The summed E-state index contributed by atoms with van der Waals surface area (Å²) in [4.78, 5) is 0. The fourth-order valence-electron chi connectivity index (χ4n) is 5.86. The molecule has 0 aromatic heterocycles. The maximum atomic E-state index is 12.9. The molecule has 0 spiro atoms. The van der Waals surface area contributed by atoms with Crippen LogP contribution in [0.2, 0.25) is 0 Å². The van der Waals surface area contributed by atoms with Crippen LogP contribution >= 0.6 is 0 Å². The topological polar surface area (TPSA) is 42.5 Å². The summed E-state index contributed by atoms with van der Waals surface area (Å²) < 4.78 is 48.4. The van der Waals surface area contributed by atoms with Crippen LogP contribution in [0, 0.1) is 0 Å². The Labute approximate surface area is 226 Å². The number of rotatable bonds is 9. The van der Waals surface area contributed by atoms with E-state index in [0.29, 0.717) is 17.9 Å². The SMILES string of the molecule is COc1ccc(OC(F)(F)F)cc1CNC1CCNC1(c1ccccc1)C(c1ccccc1)c1ccccc1. The molecule has 4 aromatic carbocycles. The van der Waals surface area contributed by atoms with Gasteiger partial charge in [-0.15, -0.1) is 13.2 Å². The second kappa shape index (κ2) is 11.5. The molecule has 5 rings (SSSR count). The molecule has 4 aromatic rings. The smallest absolute Gasteiger partial charge is 0.496 e. The van der Waals surface area contributed by atoms with Crippen molar-refractivity contribution in [2.75, 3.05) is 13.7 Å². The highest BCUT2D eigenvalue weighted by molar-refractivity contribution is 5.45. The molecule has 4 nitrogen and oxygen atoms in total. The van der Waals surface area contributed by atoms with E-state index in [9.17, 15) is 13.2 Å². The Morgan fingerprint density at radius 3 is 2.03 bits per heavy atom. The van der Waals surface area contributed by atoms with E-state index in [1.54, 1.807) is 0 Å². The Morgan fingerprint density at radius 1 is 0.872 bits per heavy atom. The molecule has 1 aliphatic heterocycles. The van der Waals surface area contributed by atoms with Crippen molar-refractivity contribution in [3.63, 3.8) is 0 Å². The van der Waals surface area contributed by atoms with E-state index in [0.717, 1.165) is 18.5 Å². The number of hydrogen-bond acceptors (Lipinski definition) is 4. The van der Waals surface area contributed by atoms with Gasteiger partial charge in [-0.05, 0) is 47.9 Å². The van der Waals surface area contributed by atoms with Crippen molar-refractivity contribution < 1.29 is 22.6 Å². The maximum absolute atomic E-state index is 12.9. The molecular weight excluding hydrogens is 501 g/mol. The van der Waals surface area contributed by atoms with Gasteiger partial charge in [0.05, 0.1) is 12.6 Å². The summed E-state index contributed by atoms with van der Waals surface area (Å²) in [7, 11) is 1.51. The third-order valence-corrected chi connectivity index (χ3v) is 7.40. The molecule has 7 heteroatoms. The van der Waals surface area contributed by atoms with Crippen LogP contribution in [-0.2, 0) is 12.1 Å². The minimum atomic E-state index is -4.77. The molecule has 0 aliphatic carbocycles. The first-order chi connectivity index (χ1) is 18.9. The molecule has 0 saturated carbocycles. The van der Waals surface area contributed by atoms with Crippen molar-refractivity contribution in [3.8, 4) is 11.5 Å². The minimum Gasteiger partial charge on any atom is -0.496 e. The lowest BCUT2D eigenvalue weighted by Crippen LogP contribution is -2.55. The lowest BCUT2D eigenvalue weighted by molar-refractivity contribution is -0.274. The molecule has 39 heavy (non-hydrogen) atoms. The number of methoxy groups -OCH3 is 1. The van der Waals surface area contributed by atoms with Crippen molar-refractivity contribution in [1.29, 1.82) is 0 Å². The van der Waals surface area contributed by atoms with Crippen LogP contribution < -0.4 is 20.1 Å². The van der Waals surface area contributed by atoms with Crippen molar-refractivity contribution in [3.05, 3.63) is 131 Å². The Hall–Kier alpha value is -3.81. The third kappa shape index (κ3) is 5.79. The van der Waals surface area contributed by atoms with Crippen LogP contribution in [0.15, 0.2) is 109 Å². The van der Waals surface area contributed by atoms with Gasteiger partial charge in [-0.1, -0.05) is 91.0 Å². The molecule has 1 saturated heterocycles. The number of ether oxygens (including phenoxy) is 2. The zero-order valence-corrected chi connectivity index (χ0v) is 21.6. The molecule has 202 valence electrons. The second-order valence-corrected chi connectivity index (χ2v) is 9.66. The second-order valence-electron chi connectivity index (χ2n) is 9.66. The van der Waals surface area contributed by atoms with Gasteiger partial charge in [0.25, 0.3) is 0 Å². The van der Waals surface area contributed by atoms with Crippen molar-refractivity contribution in [2.45, 2.75) is 36.8 Å². The zero-order valence-electron chi connectivity index (χ0n) is 21.6.